The molecule has 25 heavy (non-hydrogen) atoms. The van der Waals surface area contributed by atoms with E-state index in [-0.39, 0.29) is 0 Å². The van der Waals surface area contributed by atoms with E-state index in [1.165, 1.54) is 27.6 Å². The quantitative estimate of drug-likeness (QED) is 0.736. The maximum Gasteiger partial charge on any atom is 0.0564 e. The van der Waals surface area contributed by atoms with Crippen LogP contribution >= 0.6 is 0 Å². The number of hydrogen-bond acceptors (Lipinski definition) is 2. The Hall–Kier alpha value is -2.33. The molecule has 130 valence electrons. The van der Waals surface area contributed by atoms with E-state index in [0.29, 0.717) is 0 Å². The molecule has 0 aliphatic carbocycles. The first-order valence-corrected chi connectivity index (χ1v) is 9.32. The van der Waals surface area contributed by atoms with Gasteiger partial charge >= 0.3 is 0 Å². The maximum atomic E-state index is 4.46. The topological polar surface area (TPSA) is 36.9 Å². The van der Waals surface area contributed by atoms with Crippen molar-refractivity contribution in [1.29, 1.82) is 0 Å². The number of nitrogens with one attached hydrogen (secondary N) is 1. The predicted octanol–water partition coefficient (Wildman–Crippen LogP) is 4.11. The third-order valence-electron chi connectivity index (χ3n) is 5.12. The van der Waals surface area contributed by atoms with E-state index < -0.39 is 0 Å². The molecule has 1 aliphatic rings. The Morgan fingerprint density at radius 2 is 2.12 bits per heavy atom. The first kappa shape index (κ1) is 16.2. The Morgan fingerprint density at radius 1 is 1.20 bits per heavy atom. The molecule has 0 atom stereocenters. The zero-order chi connectivity index (χ0) is 17.1. The average Bonchev–Trinajstić information content (AvgIpc) is 3.28. The predicted molar refractivity (Wildman–Crippen MR) is 104 cm³/mol. The molecule has 3 heterocycles. The van der Waals surface area contributed by atoms with Crippen molar-refractivity contribution in [3.8, 4) is 0 Å². The number of H-pyrrole nitrogens is 1. The SMILES string of the molecule is CCCn1cc(C2=CCN(CCc3c[nH]c4ccccc34)CC2)cn1. The molecule has 3 aromatic rings. The minimum Gasteiger partial charge on any atom is -0.361 e. The number of fused-ring (bicyclic) bond motifs is 1. The number of aryl methyl sites for hydroxylation is 1. The van der Waals surface area contributed by atoms with Crippen molar-refractivity contribution in [1.82, 2.24) is 19.7 Å². The van der Waals surface area contributed by atoms with Crippen LogP contribution in [0.2, 0.25) is 0 Å². The number of nitrogens with zero attached hydrogens (tertiary/aromatic N) is 3. The van der Waals surface area contributed by atoms with Crippen molar-refractivity contribution >= 4 is 16.5 Å². The van der Waals surface area contributed by atoms with Gasteiger partial charge in [-0.2, -0.15) is 5.10 Å². The lowest BCUT2D eigenvalue weighted by Crippen LogP contribution is -2.30. The summed E-state index contributed by atoms with van der Waals surface area (Å²) in [6, 6.07) is 8.56. The molecule has 1 N–H and O–H groups in total. The number of hydrogen-bond donors (Lipinski definition) is 1. The Kier molecular flexibility index (Phi) is 4.70. The summed E-state index contributed by atoms with van der Waals surface area (Å²) in [6.07, 6.45) is 12.1. The second-order valence-corrected chi connectivity index (χ2v) is 6.88. The molecule has 0 unspecified atom stereocenters. The number of para-hydroxylation sites is 1. The summed E-state index contributed by atoms with van der Waals surface area (Å²) >= 11 is 0. The summed E-state index contributed by atoms with van der Waals surface area (Å²) in [7, 11) is 0. The van der Waals surface area contributed by atoms with E-state index in [9.17, 15) is 0 Å². The zero-order valence-corrected chi connectivity index (χ0v) is 14.9. The highest BCUT2D eigenvalue weighted by molar-refractivity contribution is 5.83. The Balaban J connectivity index is 1.35. The first-order valence-electron chi connectivity index (χ1n) is 9.32. The summed E-state index contributed by atoms with van der Waals surface area (Å²) in [5.74, 6) is 0. The van der Waals surface area contributed by atoms with Crippen LogP contribution in [0.5, 0.6) is 0 Å². The molecule has 4 rings (SSSR count). The molecular formula is C21H26N4. The van der Waals surface area contributed by atoms with Crippen molar-refractivity contribution in [2.75, 3.05) is 19.6 Å². The summed E-state index contributed by atoms with van der Waals surface area (Å²) in [5, 5.41) is 5.82. The zero-order valence-electron chi connectivity index (χ0n) is 14.9. The molecule has 0 saturated carbocycles. The van der Waals surface area contributed by atoms with Crippen LogP contribution in [0.3, 0.4) is 0 Å². The molecule has 1 aliphatic heterocycles. The molecular weight excluding hydrogens is 308 g/mol. The normalized spacial score (nSPS) is 15.6. The van der Waals surface area contributed by atoms with Crippen molar-refractivity contribution in [2.24, 2.45) is 0 Å². The van der Waals surface area contributed by atoms with Gasteiger partial charge in [0, 0.05) is 55.0 Å². The van der Waals surface area contributed by atoms with Gasteiger partial charge in [0.05, 0.1) is 6.20 Å². The highest BCUT2D eigenvalue weighted by atomic mass is 15.3. The number of aromatic amines is 1. The van der Waals surface area contributed by atoms with Gasteiger partial charge in [-0.3, -0.25) is 9.58 Å². The summed E-state index contributed by atoms with van der Waals surface area (Å²) in [4.78, 5) is 5.92. The smallest absolute Gasteiger partial charge is 0.0564 e. The Bertz CT molecular complexity index is 871. The van der Waals surface area contributed by atoms with Crippen LogP contribution in [0.4, 0.5) is 0 Å². The summed E-state index contributed by atoms with van der Waals surface area (Å²) in [6.45, 7) is 6.47. The lowest BCUT2D eigenvalue weighted by molar-refractivity contribution is 0.306. The lowest BCUT2D eigenvalue weighted by Gasteiger charge is -2.25. The first-order chi connectivity index (χ1) is 12.3. The summed E-state index contributed by atoms with van der Waals surface area (Å²) < 4.78 is 2.06. The third kappa shape index (κ3) is 3.54. The average molecular weight is 334 g/mol. The van der Waals surface area contributed by atoms with E-state index in [4.69, 9.17) is 0 Å². The molecule has 0 saturated heterocycles. The monoisotopic (exact) mass is 334 g/mol. The van der Waals surface area contributed by atoms with Gasteiger partial charge in [0.2, 0.25) is 0 Å². The minimum absolute atomic E-state index is 1.00. The van der Waals surface area contributed by atoms with Crippen LogP contribution in [0, 0.1) is 0 Å². The molecule has 4 heteroatoms. The van der Waals surface area contributed by atoms with E-state index >= 15 is 0 Å². The van der Waals surface area contributed by atoms with Gasteiger partial charge in [-0.15, -0.1) is 0 Å². The fraction of sp³-hybridized carbons (Fsp3) is 0.381. The highest BCUT2D eigenvalue weighted by Crippen LogP contribution is 2.23. The second-order valence-electron chi connectivity index (χ2n) is 6.88. The van der Waals surface area contributed by atoms with E-state index in [1.807, 2.05) is 6.20 Å². The van der Waals surface area contributed by atoms with Gasteiger partial charge in [-0.1, -0.05) is 31.2 Å². The maximum absolute atomic E-state index is 4.46. The van der Waals surface area contributed by atoms with Gasteiger partial charge in [0.15, 0.2) is 0 Å². The largest absolute Gasteiger partial charge is 0.361 e. The van der Waals surface area contributed by atoms with Crippen molar-refractivity contribution < 1.29 is 0 Å². The van der Waals surface area contributed by atoms with E-state index in [1.54, 1.807) is 0 Å². The standard InChI is InChI=1S/C21H26N4/c1-2-10-25-16-19(15-23-25)17-7-11-24(12-8-17)13-9-18-14-22-21-6-4-3-5-20(18)21/h3-7,14-16,22H,2,8-13H2,1H3. The second kappa shape index (κ2) is 7.28. The minimum atomic E-state index is 1.00. The third-order valence-corrected chi connectivity index (χ3v) is 5.12. The van der Waals surface area contributed by atoms with Crippen LogP contribution in [0.1, 0.15) is 30.9 Å². The van der Waals surface area contributed by atoms with Crippen molar-refractivity contribution in [2.45, 2.75) is 32.7 Å². The van der Waals surface area contributed by atoms with Gasteiger partial charge < -0.3 is 4.98 Å². The van der Waals surface area contributed by atoms with Gasteiger partial charge in [0.25, 0.3) is 0 Å². The van der Waals surface area contributed by atoms with Crippen LogP contribution in [-0.4, -0.2) is 39.3 Å². The number of benzene rings is 1. The van der Waals surface area contributed by atoms with Crippen LogP contribution in [-0.2, 0) is 13.0 Å². The van der Waals surface area contributed by atoms with Crippen LogP contribution < -0.4 is 0 Å². The Labute approximate surface area is 149 Å². The van der Waals surface area contributed by atoms with Crippen molar-refractivity contribution in [3.05, 3.63) is 60.1 Å². The molecule has 0 spiro atoms. The number of aromatic nitrogens is 3. The molecule has 2 aromatic heterocycles. The summed E-state index contributed by atoms with van der Waals surface area (Å²) in [5.41, 5.74) is 5.41. The van der Waals surface area contributed by atoms with Crippen LogP contribution in [0.25, 0.3) is 16.5 Å². The van der Waals surface area contributed by atoms with Gasteiger partial charge in [0.1, 0.15) is 0 Å². The molecule has 1 aromatic carbocycles. The fourth-order valence-electron chi connectivity index (χ4n) is 3.67. The lowest BCUT2D eigenvalue weighted by atomic mass is 10.0. The fourth-order valence-corrected chi connectivity index (χ4v) is 3.67. The molecule has 4 nitrogen and oxygen atoms in total. The van der Waals surface area contributed by atoms with Crippen molar-refractivity contribution in [3.63, 3.8) is 0 Å². The van der Waals surface area contributed by atoms with E-state index in [2.05, 4.69) is 69.3 Å². The molecule has 0 radical (unpaired) electrons. The highest BCUT2D eigenvalue weighted by Gasteiger charge is 2.14. The number of rotatable bonds is 6. The Morgan fingerprint density at radius 3 is 2.96 bits per heavy atom. The van der Waals surface area contributed by atoms with Gasteiger partial charge in [-0.25, -0.2) is 0 Å². The van der Waals surface area contributed by atoms with E-state index in [0.717, 1.165) is 45.4 Å². The van der Waals surface area contributed by atoms with Gasteiger partial charge in [-0.05, 0) is 36.5 Å². The molecule has 0 fully saturated rings. The molecule has 0 bridgehead atoms. The molecule has 0 amide bonds. The van der Waals surface area contributed by atoms with Crippen LogP contribution in [0.15, 0.2) is 48.9 Å².